The minimum atomic E-state index is -4.48. The second-order valence-corrected chi connectivity index (χ2v) is 8.85. The van der Waals surface area contributed by atoms with E-state index >= 15 is 0 Å². The summed E-state index contributed by atoms with van der Waals surface area (Å²) in [4.78, 5) is 25.0. The van der Waals surface area contributed by atoms with Gasteiger partial charge in [0, 0.05) is 10.8 Å². The third-order valence-electron chi connectivity index (χ3n) is 6.08. The standard InChI is InChI=1S/C26H25F4NO4/c1-4-25(2,3)22(24(33)34)31-23(32)19-13-12-17-18(6-5-7-20(17)27)21(19)35-14-15-8-10-16(11-9-15)26(28,29)30/h5-13,22H,4,14H2,1-3H3,(H,31,32)(H,33,34). The van der Waals surface area contributed by atoms with Crippen LogP contribution in [0.25, 0.3) is 10.8 Å². The minimum absolute atomic E-state index is 0.00200. The summed E-state index contributed by atoms with van der Waals surface area (Å²) in [7, 11) is 0. The number of fused-ring (bicyclic) bond motifs is 1. The SMILES string of the molecule is CCC(C)(C)C(NC(=O)c1ccc2c(F)cccc2c1OCc1ccc(C(F)(F)F)cc1)C(=O)O. The van der Waals surface area contributed by atoms with Gasteiger partial charge in [0.05, 0.1) is 11.1 Å². The van der Waals surface area contributed by atoms with E-state index in [1.807, 2.05) is 0 Å². The number of benzene rings is 3. The molecule has 0 radical (unpaired) electrons. The highest BCUT2D eigenvalue weighted by molar-refractivity contribution is 6.05. The highest BCUT2D eigenvalue weighted by Crippen LogP contribution is 2.34. The molecule has 0 bridgehead atoms. The number of nitrogens with one attached hydrogen (secondary N) is 1. The molecule has 0 heterocycles. The number of halogens is 4. The van der Waals surface area contributed by atoms with Crippen molar-refractivity contribution in [1.82, 2.24) is 5.32 Å². The van der Waals surface area contributed by atoms with E-state index in [1.54, 1.807) is 26.8 Å². The van der Waals surface area contributed by atoms with Crippen molar-refractivity contribution in [3.63, 3.8) is 0 Å². The molecule has 186 valence electrons. The predicted octanol–water partition coefficient (Wildman–Crippen LogP) is 6.20. The Balaban J connectivity index is 1.98. The molecule has 3 aromatic carbocycles. The zero-order chi connectivity index (χ0) is 26.0. The molecule has 2 N–H and O–H groups in total. The van der Waals surface area contributed by atoms with Crippen LogP contribution in [0.4, 0.5) is 17.6 Å². The van der Waals surface area contributed by atoms with Gasteiger partial charge in [-0.2, -0.15) is 13.2 Å². The monoisotopic (exact) mass is 491 g/mol. The number of hydrogen-bond donors (Lipinski definition) is 2. The maximum Gasteiger partial charge on any atom is 0.416 e. The first-order valence-electron chi connectivity index (χ1n) is 10.9. The second kappa shape index (κ2) is 9.93. The van der Waals surface area contributed by atoms with Crippen LogP contribution in [0.3, 0.4) is 0 Å². The summed E-state index contributed by atoms with van der Waals surface area (Å²) in [6.45, 7) is 5.03. The fraction of sp³-hybridized carbons (Fsp3) is 0.308. The van der Waals surface area contributed by atoms with Crippen LogP contribution in [0.1, 0.15) is 48.7 Å². The van der Waals surface area contributed by atoms with Gasteiger partial charge in [0.1, 0.15) is 24.2 Å². The molecule has 0 aliphatic heterocycles. The molecule has 3 aromatic rings. The van der Waals surface area contributed by atoms with E-state index in [0.29, 0.717) is 12.0 Å². The van der Waals surface area contributed by atoms with Crippen molar-refractivity contribution < 1.29 is 37.0 Å². The lowest BCUT2D eigenvalue weighted by molar-refractivity contribution is -0.142. The van der Waals surface area contributed by atoms with Gasteiger partial charge in [0.2, 0.25) is 0 Å². The van der Waals surface area contributed by atoms with Crippen LogP contribution >= 0.6 is 0 Å². The number of ether oxygens (including phenoxy) is 1. The van der Waals surface area contributed by atoms with Crippen LogP contribution in [0.15, 0.2) is 54.6 Å². The zero-order valence-corrected chi connectivity index (χ0v) is 19.4. The number of alkyl halides is 3. The summed E-state index contributed by atoms with van der Waals surface area (Å²) in [6, 6.07) is 10.1. The Kier molecular flexibility index (Phi) is 7.38. The Hall–Kier alpha value is -3.62. The maximum atomic E-state index is 14.4. The van der Waals surface area contributed by atoms with Crippen LogP contribution in [0.5, 0.6) is 5.75 Å². The van der Waals surface area contributed by atoms with Gasteiger partial charge in [0.25, 0.3) is 5.91 Å². The van der Waals surface area contributed by atoms with Gasteiger partial charge in [-0.1, -0.05) is 51.1 Å². The van der Waals surface area contributed by atoms with Gasteiger partial charge < -0.3 is 15.2 Å². The fourth-order valence-corrected chi connectivity index (χ4v) is 3.58. The van der Waals surface area contributed by atoms with Crippen molar-refractivity contribution >= 4 is 22.6 Å². The van der Waals surface area contributed by atoms with Crippen LogP contribution in [-0.4, -0.2) is 23.0 Å². The molecule has 35 heavy (non-hydrogen) atoms. The first kappa shape index (κ1) is 26.0. The molecule has 1 amide bonds. The molecule has 0 saturated carbocycles. The van der Waals surface area contributed by atoms with Crippen molar-refractivity contribution in [2.24, 2.45) is 5.41 Å². The Bertz CT molecular complexity index is 1240. The summed E-state index contributed by atoms with van der Waals surface area (Å²) in [5.74, 6) is -2.49. The number of carboxylic acid groups (broad SMARTS) is 1. The highest BCUT2D eigenvalue weighted by atomic mass is 19.4. The van der Waals surface area contributed by atoms with Crippen molar-refractivity contribution in [2.45, 2.75) is 46.0 Å². The van der Waals surface area contributed by atoms with Crippen LogP contribution in [0, 0.1) is 11.2 Å². The van der Waals surface area contributed by atoms with Gasteiger partial charge in [0.15, 0.2) is 0 Å². The molecular weight excluding hydrogens is 466 g/mol. The Morgan fingerprint density at radius 3 is 2.23 bits per heavy atom. The second-order valence-electron chi connectivity index (χ2n) is 8.85. The van der Waals surface area contributed by atoms with Gasteiger partial charge in [-0.25, -0.2) is 9.18 Å². The van der Waals surface area contributed by atoms with E-state index < -0.39 is 40.9 Å². The van der Waals surface area contributed by atoms with Crippen molar-refractivity contribution in [1.29, 1.82) is 0 Å². The summed E-state index contributed by atoms with van der Waals surface area (Å²) < 4.78 is 58.8. The number of amides is 1. The zero-order valence-electron chi connectivity index (χ0n) is 19.4. The molecule has 0 saturated heterocycles. The Morgan fingerprint density at radius 2 is 1.66 bits per heavy atom. The number of carboxylic acids is 1. The van der Waals surface area contributed by atoms with Crippen molar-refractivity contribution in [3.05, 3.63) is 77.1 Å². The third-order valence-corrected chi connectivity index (χ3v) is 6.08. The summed E-state index contributed by atoms with van der Waals surface area (Å²) >= 11 is 0. The molecule has 1 atom stereocenters. The molecule has 1 unspecified atom stereocenters. The predicted molar refractivity (Wildman–Crippen MR) is 123 cm³/mol. The average Bonchev–Trinajstić information content (AvgIpc) is 2.80. The van der Waals surface area contributed by atoms with Crippen molar-refractivity contribution in [3.8, 4) is 5.75 Å². The Labute approximate surface area is 199 Å². The third kappa shape index (κ3) is 5.72. The molecule has 3 rings (SSSR count). The van der Waals surface area contributed by atoms with E-state index in [4.69, 9.17) is 4.74 Å². The highest BCUT2D eigenvalue weighted by Gasteiger charge is 2.36. The lowest BCUT2D eigenvalue weighted by atomic mass is 9.81. The lowest BCUT2D eigenvalue weighted by Gasteiger charge is -2.31. The number of aliphatic carboxylic acids is 1. The number of carbonyl (C=O) groups excluding carboxylic acids is 1. The lowest BCUT2D eigenvalue weighted by Crippen LogP contribution is -2.50. The van der Waals surface area contributed by atoms with Crippen molar-refractivity contribution in [2.75, 3.05) is 0 Å². The average molecular weight is 491 g/mol. The minimum Gasteiger partial charge on any atom is -0.487 e. The molecule has 9 heteroatoms. The van der Waals surface area contributed by atoms with E-state index in [1.165, 1.54) is 36.4 Å². The van der Waals surface area contributed by atoms with Gasteiger partial charge >= 0.3 is 12.1 Å². The van der Waals surface area contributed by atoms with E-state index in [2.05, 4.69) is 5.32 Å². The van der Waals surface area contributed by atoms with Gasteiger partial charge in [-0.15, -0.1) is 0 Å². The first-order chi connectivity index (χ1) is 16.3. The van der Waals surface area contributed by atoms with E-state index in [-0.39, 0.29) is 28.7 Å². The summed E-state index contributed by atoms with van der Waals surface area (Å²) in [5, 5.41) is 12.6. The van der Waals surface area contributed by atoms with Gasteiger partial charge in [-0.05, 0) is 41.7 Å². The number of rotatable bonds is 8. The van der Waals surface area contributed by atoms with Crippen LogP contribution < -0.4 is 10.1 Å². The number of hydrogen-bond acceptors (Lipinski definition) is 3. The number of carbonyl (C=O) groups is 2. The quantitative estimate of drug-likeness (QED) is 0.368. The molecule has 0 aromatic heterocycles. The maximum absolute atomic E-state index is 14.4. The topological polar surface area (TPSA) is 75.6 Å². The normalized spacial score (nSPS) is 12.9. The smallest absolute Gasteiger partial charge is 0.416 e. The largest absolute Gasteiger partial charge is 0.487 e. The molecule has 0 aliphatic carbocycles. The summed E-state index contributed by atoms with van der Waals surface area (Å²) in [6.07, 6.45) is -4.00. The molecular formula is C26H25F4NO4. The fourth-order valence-electron chi connectivity index (χ4n) is 3.58. The molecule has 0 fully saturated rings. The summed E-state index contributed by atoms with van der Waals surface area (Å²) in [5.41, 5.74) is -1.20. The first-order valence-corrected chi connectivity index (χ1v) is 10.9. The van der Waals surface area contributed by atoms with Crippen LogP contribution in [-0.2, 0) is 17.6 Å². The molecule has 0 spiro atoms. The Morgan fingerprint density at radius 1 is 1.00 bits per heavy atom. The molecule has 5 nitrogen and oxygen atoms in total. The molecule has 0 aliphatic rings. The van der Waals surface area contributed by atoms with Gasteiger partial charge in [-0.3, -0.25) is 4.79 Å². The van der Waals surface area contributed by atoms with Crippen LogP contribution in [0.2, 0.25) is 0 Å². The van der Waals surface area contributed by atoms with E-state index in [9.17, 15) is 32.3 Å². The van der Waals surface area contributed by atoms with E-state index in [0.717, 1.165) is 12.1 Å².